The first kappa shape index (κ1) is 25.6. The van der Waals surface area contributed by atoms with Crippen molar-refractivity contribution in [1.82, 2.24) is 10.2 Å². The monoisotopic (exact) mass is 480 g/mol. The van der Waals surface area contributed by atoms with Crippen molar-refractivity contribution in [3.63, 3.8) is 0 Å². The van der Waals surface area contributed by atoms with Crippen LogP contribution in [0.3, 0.4) is 0 Å². The van der Waals surface area contributed by atoms with Crippen LogP contribution >= 0.6 is 35.0 Å². The molecular weight excluding hydrogens is 451 g/mol. The van der Waals surface area contributed by atoms with E-state index < -0.39 is 6.04 Å². The number of hydrogen-bond donors (Lipinski definition) is 1. The third-order valence-electron chi connectivity index (χ3n) is 4.96. The van der Waals surface area contributed by atoms with Crippen LogP contribution in [0.2, 0.25) is 10.0 Å². The molecule has 0 aliphatic heterocycles. The molecule has 0 saturated carbocycles. The molecule has 0 aromatic heterocycles. The number of unbranched alkanes of at least 4 members (excludes halogenated alkanes) is 1. The number of nitrogens with one attached hydrogen (secondary N) is 1. The molecule has 0 unspecified atom stereocenters. The van der Waals surface area contributed by atoms with Gasteiger partial charge in [-0.25, -0.2) is 0 Å². The van der Waals surface area contributed by atoms with Gasteiger partial charge < -0.3 is 10.2 Å². The molecule has 2 rings (SSSR count). The van der Waals surface area contributed by atoms with E-state index in [-0.39, 0.29) is 18.4 Å². The van der Waals surface area contributed by atoms with Crippen LogP contribution in [0.15, 0.2) is 47.4 Å². The van der Waals surface area contributed by atoms with Gasteiger partial charge >= 0.3 is 0 Å². The summed E-state index contributed by atoms with van der Waals surface area (Å²) in [6.45, 7) is 6.74. The predicted molar refractivity (Wildman–Crippen MR) is 131 cm³/mol. The average Bonchev–Trinajstić information content (AvgIpc) is 2.74. The molecule has 7 heteroatoms. The standard InChI is InChI=1S/C24H30Cl2N2O2S/c1-4-5-13-27-24(30)18(3)28(16-19-8-9-20(25)15-22(19)26)23(29)12-14-31-21-10-6-17(2)7-11-21/h6-11,15,18H,4-5,12-14,16H2,1-3H3,(H,27,30)/t18-/m1/s1. The smallest absolute Gasteiger partial charge is 0.242 e. The molecule has 0 spiro atoms. The lowest BCUT2D eigenvalue weighted by atomic mass is 10.1. The number of benzene rings is 2. The highest BCUT2D eigenvalue weighted by molar-refractivity contribution is 7.99. The van der Waals surface area contributed by atoms with Crippen molar-refractivity contribution >= 4 is 46.8 Å². The third kappa shape index (κ3) is 8.40. The second kappa shape index (κ2) is 13.0. The number of aryl methyl sites for hydroxylation is 1. The van der Waals surface area contributed by atoms with E-state index in [2.05, 4.69) is 36.5 Å². The van der Waals surface area contributed by atoms with Crippen molar-refractivity contribution < 1.29 is 9.59 Å². The third-order valence-corrected chi connectivity index (χ3v) is 6.56. The molecule has 1 N–H and O–H groups in total. The zero-order chi connectivity index (χ0) is 22.8. The first-order valence-corrected chi connectivity index (χ1v) is 12.3. The van der Waals surface area contributed by atoms with Crippen LogP contribution in [0.1, 0.15) is 44.2 Å². The molecule has 0 fully saturated rings. The van der Waals surface area contributed by atoms with Gasteiger partial charge in [0.2, 0.25) is 11.8 Å². The fourth-order valence-corrected chi connectivity index (χ4v) is 4.30. The molecule has 0 bridgehead atoms. The van der Waals surface area contributed by atoms with Crippen molar-refractivity contribution in [2.45, 2.75) is 57.5 Å². The fraction of sp³-hybridized carbons (Fsp3) is 0.417. The fourth-order valence-electron chi connectivity index (χ4n) is 2.99. The van der Waals surface area contributed by atoms with Crippen LogP contribution in [0, 0.1) is 6.92 Å². The van der Waals surface area contributed by atoms with E-state index in [0.717, 1.165) is 23.3 Å². The molecule has 168 valence electrons. The highest BCUT2D eigenvalue weighted by Gasteiger charge is 2.26. The number of carbonyl (C=O) groups excluding carboxylic acids is 2. The highest BCUT2D eigenvalue weighted by Crippen LogP contribution is 2.24. The highest BCUT2D eigenvalue weighted by atomic mass is 35.5. The average molecular weight is 481 g/mol. The van der Waals surface area contributed by atoms with Gasteiger partial charge in [-0.15, -0.1) is 11.8 Å². The number of hydrogen-bond acceptors (Lipinski definition) is 3. The zero-order valence-corrected chi connectivity index (χ0v) is 20.6. The second-order valence-electron chi connectivity index (χ2n) is 7.49. The maximum Gasteiger partial charge on any atom is 0.242 e. The molecule has 0 heterocycles. The number of nitrogens with zero attached hydrogens (tertiary/aromatic N) is 1. The Morgan fingerprint density at radius 2 is 1.84 bits per heavy atom. The first-order valence-electron chi connectivity index (χ1n) is 10.5. The van der Waals surface area contributed by atoms with Crippen LogP contribution in [0.4, 0.5) is 0 Å². The molecule has 0 saturated heterocycles. The molecule has 0 radical (unpaired) electrons. The summed E-state index contributed by atoms with van der Waals surface area (Å²) >= 11 is 14.0. The van der Waals surface area contributed by atoms with Crippen molar-refractivity contribution in [1.29, 1.82) is 0 Å². The Hall–Kier alpha value is -1.69. The number of thioether (sulfide) groups is 1. The van der Waals surface area contributed by atoms with Gasteiger partial charge in [0.15, 0.2) is 0 Å². The Labute approximate surface area is 199 Å². The largest absolute Gasteiger partial charge is 0.354 e. The van der Waals surface area contributed by atoms with Gasteiger partial charge in [0.1, 0.15) is 6.04 Å². The molecule has 4 nitrogen and oxygen atoms in total. The second-order valence-corrected chi connectivity index (χ2v) is 9.50. The van der Waals surface area contributed by atoms with E-state index in [1.807, 2.05) is 6.92 Å². The maximum atomic E-state index is 13.1. The SMILES string of the molecule is CCCCNC(=O)[C@@H](C)N(Cc1ccc(Cl)cc1Cl)C(=O)CCSc1ccc(C)cc1. The Kier molecular flexibility index (Phi) is 10.7. The molecule has 31 heavy (non-hydrogen) atoms. The first-order chi connectivity index (χ1) is 14.8. The van der Waals surface area contributed by atoms with Crippen LogP contribution in [-0.4, -0.2) is 35.1 Å². The summed E-state index contributed by atoms with van der Waals surface area (Å²) in [6, 6.07) is 12.8. The Balaban J connectivity index is 2.08. The van der Waals surface area contributed by atoms with E-state index in [1.165, 1.54) is 5.56 Å². The normalized spacial score (nSPS) is 11.8. The number of carbonyl (C=O) groups is 2. The van der Waals surface area contributed by atoms with Crippen molar-refractivity contribution in [2.24, 2.45) is 0 Å². The van der Waals surface area contributed by atoms with Gasteiger partial charge in [-0.3, -0.25) is 9.59 Å². The van der Waals surface area contributed by atoms with Crippen LogP contribution in [-0.2, 0) is 16.1 Å². The maximum absolute atomic E-state index is 13.1. The van der Waals surface area contributed by atoms with Crippen molar-refractivity contribution in [3.05, 3.63) is 63.6 Å². The van der Waals surface area contributed by atoms with Crippen LogP contribution < -0.4 is 5.32 Å². The summed E-state index contributed by atoms with van der Waals surface area (Å²) in [4.78, 5) is 28.5. The lowest BCUT2D eigenvalue weighted by molar-refractivity contribution is -0.140. The molecular formula is C24H30Cl2N2O2S. The van der Waals surface area contributed by atoms with Crippen molar-refractivity contribution in [3.8, 4) is 0 Å². The van der Waals surface area contributed by atoms with E-state index in [9.17, 15) is 9.59 Å². The van der Waals surface area contributed by atoms with E-state index >= 15 is 0 Å². The topological polar surface area (TPSA) is 49.4 Å². The molecule has 2 aromatic carbocycles. The van der Waals surface area contributed by atoms with Gasteiger partial charge in [-0.1, -0.05) is 60.3 Å². The molecule has 0 aliphatic rings. The Morgan fingerprint density at radius 1 is 1.13 bits per heavy atom. The van der Waals surface area contributed by atoms with E-state index in [1.54, 1.807) is 41.8 Å². The summed E-state index contributed by atoms with van der Waals surface area (Å²) in [7, 11) is 0. The number of halogens is 2. The molecule has 1 atom stereocenters. The van der Waals surface area contributed by atoms with E-state index in [0.29, 0.717) is 28.8 Å². The predicted octanol–water partition coefficient (Wildman–Crippen LogP) is 6.12. The summed E-state index contributed by atoms with van der Waals surface area (Å²) in [5.41, 5.74) is 1.97. The lowest BCUT2D eigenvalue weighted by Gasteiger charge is -2.29. The quantitative estimate of drug-likeness (QED) is 0.311. The Bertz CT molecular complexity index is 874. The lowest BCUT2D eigenvalue weighted by Crippen LogP contribution is -2.47. The minimum atomic E-state index is -0.597. The van der Waals surface area contributed by atoms with Gasteiger partial charge in [-0.2, -0.15) is 0 Å². The van der Waals surface area contributed by atoms with E-state index in [4.69, 9.17) is 23.2 Å². The number of amides is 2. The summed E-state index contributed by atoms with van der Waals surface area (Å²) in [5, 5.41) is 3.94. The zero-order valence-electron chi connectivity index (χ0n) is 18.3. The molecule has 2 aromatic rings. The van der Waals surface area contributed by atoms with Gasteiger partial charge in [-0.05, 0) is 50.1 Å². The Morgan fingerprint density at radius 3 is 2.48 bits per heavy atom. The minimum Gasteiger partial charge on any atom is -0.354 e. The van der Waals surface area contributed by atoms with Gasteiger partial charge in [0.05, 0.1) is 0 Å². The van der Waals surface area contributed by atoms with Gasteiger partial charge in [0.25, 0.3) is 0 Å². The van der Waals surface area contributed by atoms with Crippen LogP contribution in [0.25, 0.3) is 0 Å². The summed E-state index contributed by atoms with van der Waals surface area (Å²) in [6.07, 6.45) is 2.23. The summed E-state index contributed by atoms with van der Waals surface area (Å²) < 4.78 is 0. The minimum absolute atomic E-state index is 0.0798. The summed E-state index contributed by atoms with van der Waals surface area (Å²) in [5.74, 6) is 0.401. The van der Waals surface area contributed by atoms with Crippen molar-refractivity contribution in [2.75, 3.05) is 12.3 Å². The molecule has 0 aliphatic carbocycles. The molecule has 2 amide bonds. The van der Waals surface area contributed by atoms with Crippen LogP contribution in [0.5, 0.6) is 0 Å². The van der Waals surface area contributed by atoms with Gasteiger partial charge in [0, 0.05) is 40.2 Å². The number of rotatable bonds is 11.